The molecule has 1 atom stereocenters. The van der Waals surface area contributed by atoms with Gasteiger partial charge in [0.25, 0.3) is 0 Å². The Labute approximate surface area is 123 Å². The molecule has 2 heterocycles. The molecule has 0 aliphatic rings. The highest BCUT2D eigenvalue weighted by Crippen LogP contribution is 2.29. The van der Waals surface area contributed by atoms with Gasteiger partial charge in [-0.05, 0) is 30.5 Å². The van der Waals surface area contributed by atoms with Gasteiger partial charge in [0.15, 0.2) is 0 Å². The first-order chi connectivity index (χ1) is 9.72. The molecule has 3 nitrogen and oxygen atoms in total. The smallest absolute Gasteiger partial charge is 0.0637 e. The molecule has 4 heteroatoms. The van der Waals surface area contributed by atoms with Gasteiger partial charge in [-0.1, -0.05) is 18.2 Å². The zero-order valence-corrected chi connectivity index (χ0v) is 12.7. The van der Waals surface area contributed by atoms with Crippen molar-refractivity contribution in [1.82, 2.24) is 15.1 Å². The van der Waals surface area contributed by atoms with E-state index in [-0.39, 0.29) is 0 Å². The van der Waals surface area contributed by atoms with Crippen molar-refractivity contribution in [2.45, 2.75) is 19.4 Å². The van der Waals surface area contributed by atoms with Crippen LogP contribution in [-0.2, 0) is 13.5 Å². The lowest BCUT2D eigenvalue weighted by Gasteiger charge is -2.10. The number of rotatable bonds is 5. The number of hydrogen-bond acceptors (Lipinski definition) is 3. The Morgan fingerprint density at radius 2 is 2.15 bits per heavy atom. The van der Waals surface area contributed by atoms with Crippen molar-refractivity contribution >= 4 is 21.4 Å². The number of nitrogens with one attached hydrogen (secondary N) is 1. The van der Waals surface area contributed by atoms with Crippen LogP contribution in [0, 0.1) is 0 Å². The second kappa shape index (κ2) is 5.77. The van der Waals surface area contributed by atoms with E-state index in [1.165, 1.54) is 15.0 Å². The van der Waals surface area contributed by atoms with Gasteiger partial charge in [0.2, 0.25) is 0 Å². The van der Waals surface area contributed by atoms with Crippen molar-refractivity contribution in [2.24, 2.45) is 7.05 Å². The largest absolute Gasteiger partial charge is 0.309 e. The standard InChI is InChI=1S/C16H19N3S/c1-12(17-9-7-14-8-10-19(2)18-14)16-11-13-5-3-4-6-15(13)20-16/h3-6,8,10-12,17H,7,9H2,1-2H3. The number of nitrogens with zero attached hydrogens (tertiary/aromatic N) is 2. The van der Waals surface area contributed by atoms with Crippen molar-refractivity contribution in [3.63, 3.8) is 0 Å². The number of fused-ring (bicyclic) bond motifs is 1. The summed E-state index contributed by atoms with van der Waals surface area (Å²) in [7, 11) is 1.96. The molecule has 0 aliphatic heterocycles. The SMILES string of the molecule is CC(NCCc1ccn(C)n1)c1cc2ccccc2s1. The summed E-state index contributed by atoms with van der Waals surface area (Å²) in [6.45, 7) is 3.18. The molecule has 0 saturated carbocycles. The van der Waals surface area contributed by atoms with Gasteiger partial charge in [-0.15, -0.1) is 11.3 Å². The molecule has 1 aromatic carbocycles. The molecular weight excluding hydrogens is 266 g/mol. The maximum absolute atomic E-state index is 4.39. The van der Waals surface area contributed by atoms with Gasteiger partial charge in [0, 0.05) is 41.8 Å². The van der Waals surface area contributed by atoms with Gasteiger partial charge in [0.05, 0.1) is 5.69 Å². The maximum atomic E-state index is 4.39. The summed E-state index contributed by atoms with van der Waals surface area (Å²) in [6, 6.07) is 13.3. The predicted molar refractivity (Wildman–Crippen MR) is 85.2 cm³/mol. The summed E-state index contributed by atoms with van der Waals surface area (Å²) in [5.41, 5.74) is 1.14. The molecule has 0 amide bonds. The Hall–Kier alpha value is -1.65. The average molecular weight is 285 g/mol. The third kappa shape index (κ3) is 2.92. The van der Waals surface area contributed by atoms with E-state index in [4.69, 9.17) is 0 Å². The Bertz CT molecular complexity index is 665. The molecule has 104 valence electrons. The van der Waals surface area contributed by atoms with Crippen LogP contribution < -0.4 is 5.32 Å². The number of benzene rings is 1. The van der Waals surface area contributed by atoms with E-state index in [1.54, 1.807) is 0 Å². The van der Waals surface area contributed by atoms with Crippen LogP contribution in [0.5, 0.6) is 0 Å². The van der Waals surface area contributed by atoms with Crippen LogP contribution in [0.25, 0.3) is 10.1 Å². The van der Waals surface area contributed by atoms with Crippen LogP contribution in [0.4, 0.5) is 0 Å². The lowest BCUT2D eigenvalue weighted by molar-refractivity contribution is 0.578. The molecule has 1 unspecified atom stereocenters. The molecule has 0 radical (unpaired) electrons. The Kier molecular flexibility index (Phi) is 3.85. The third-order valence-corrected chi connectivity index (χ3v) is 4.77. The minimum atomic E-state index is 0.385. The fourth-order valence-corrected chi connectivity index (χ4v) is 3.42. The van der Waals surface area contributed by atoms with Crippen molar-refractivity contribution in [2.75, 3.05) is 6.54 Å². The number of thiophene rings is 1. The minimum Gasteiger partial charge on any atom is -0.309 e. The second-order valence-corrected chi connectivity index (χ2v) is 6.21. The third-order valence-electron chi connectivity index (χ3n) is 3.47. The van der Waals surface area contributed by atoms with Gasteiger partial charge in [0.1, 0.15) is 0 Å². The van der Waals surface area contributed by atoms with Gasteiger partial charge in [-0.3, -0.25) is 4.68 Å². The first-order valence-corrected chi connectivity index (χ1v) is 7.74. The molecular formula is C16H19N3S. The Balaban J connectivity index is 1.59. The van der Waals surface area contributed by atoms with Crippen molar-refractivity contribution in [3.8, 4) is 0 Å². The predicted octanol–water partition coefficient (Wildman–Crippen LogP) is 3.53. The summed E-state index contributed by atoms with van der Waals surface area (Å²) in [4.78, 5) is 1.40. The van der Waals surface area contributed by atoms with Crippen molar-refractivity contribution < 1.29 is 0 Å². The van der Waals surface area contributed by atoms with E-state index in [9.17, 15) is 0 Å². The van der Waals surface area contributed by atoms with Crippen molar-refractivity contribution in [3.05, 3.63) is 53.2 Å². The van der Waals surface area contributed by atoms with E-state index in [0.717, 1.165) is 18.7 Å². The van der Waals surface area contributed by atoms with Gasteiger partial charge in [-0.2, -0.15) is 5.10 Å². The highest BCUT2D eigenvalue weighted by atomic mass is 32.1. The molecule has 3 aromatic rings. The summed E-state index contributed by atoms with van der Waals surface area (Å²) in [5, 5.41) is 9.31. The first-order valence-electron chi connectivity index (χ1n) is 6.93. The highest BCUT2D eigenvalue weighted by Gasteiger charge is 2.09. The summed E-state index contributed by atoms with van der Waals surface area (Å²) in [5.74, 6) is 0. The molecule has 0 fully saturated rings. The van der Waals surface area contributed by atoms with Crippen LogP contribution in [0.2, 0.25) is 0 Å². The zero-order chi connectivity index (χ0) is 13.9. The van der Waals surface area contributed by atoms with E-state index in [1.807, 2.05) is 29.3 Å². The quantitative estimate of drug-likeness (QED) is 0.777. The summed E-state index contributed by atoms with van der Waals surface area (Å²) < 4.78 is 3.21. The Morgan fingerprint density at radius 1 is 1.30 bits per heavy atom. The van der Waals surface area contributed by atoms with Crippen LogP contribution in [0.15, 0.2) is 42.6 Å². The fraction of sp³-hybridized carbons (Fsp3) is 0.312. The number of aryl methyl sites for hydroxylation is 1. The summed E-state index contributed by atoms with van der Waals surface area (Å²) in [6.07, 6.45) is 2.96. The van der Waals surface area contributed by atoms with Crippen LogP contribution in [0.3, 0.4) is 0 Å². The van der Waals surface area contributed by atoms with Crippen LogP contribution >= 0.6 is 11.3 Å². The van der Waals surface area contributed by atoms with E-state index >= 15 is 0 Å². The molecule has 1 N–H and O–H groups in total. The molecule has 0 saturated heterocycles. The molecule has 3 rings (SSSR count). The first kappa shape index (κ1) is 13.3. The van der Waals surface area contributed by atoms with Gasteiger partial charge < -0.3 is 5.32 Å². The normalized spacial score (nSPS) is 12.9. The molecule has 2 aromatic heterocycles. The van der Waals surface area contributed by atoms with Gasteiger partial charge in [-0.25, -0.2) is 0 Å². The van der Waals surface area contributed by atoms with Crippen LogP contribution in [-0.4, -0.2) is 16.3 Å². The van der Waals surface area contributed by atoms with E-state index in [0.29, 0.717) is 6.04 Å². The summed E-state index contributed by atoms with van der Waals surface area (Å²) >= 11 is 1.87. The van der Waals surface area contributed by atoms with E-state index < -0.39 is 0 Å². The second-order valence-electron chi connectivity index (χ2n) is 5.09. The molecule has 0 spiro atoms. The minimum absolute atomic E-state index is 0.385. The molecule has 0 bridgehead atoms. The number of aromatic nitrogens is 2. The zero-order valence-electron chi connectivity index (χ0n) is 11.8. The molecule has 0 aliphatic carbocycles. The topological polar surface area (TPSA) is 29.9 Å². The van der Waals surface area contributed by atoms with Crippen molar-refractivity contribution in [1.29, 1.82) is 0 Å². The van der Waals surface area contributed by atoms with E-state index in [2.05, 4.69) is 53.7 Å². The highest BCUT2D eigenvalue weighted by molar-refractivity contribution is 7.19. The van der Waals surface area contributed by atoms with Gasteiger partial charge >= 0.3 is 0 Å². The molecule has 20 heavy (non-hydrogen) atoms. The lowest BCUT2D eigenvalue weighted by Crippen LogP contribution is -2.20. The number of hydrogen-bond donors (Lipinski definition) is 1. The average Bonchev–Trinajstić information content (AvgIpc) is 3.04. The fourth-order valence-electron chi connectivity index (χ4n) is 2.33. The lowest BCUT2D eigenvalue weighted by atomic mass is 10.2. The Morgan fingerprint density at radius 3 is 2.90 bits per heavy atom. The maximum Gasteiger partial charge on any atom is 0.0637 e. The van der Waals surface area contributed by atoms with Crippen LogP contribution in [0.1, 0.15) is 23.5 Å². The monoisotopic (exact) mass is 285 g/mol.